The first kappa shape index (κ1) is 13.9. The molecule has 0 bridgehead atoms. The van der Waals surface area contributed by atoms with Gasteiger partial charge >= 0.3 is 0 Å². The third kappa shape index (κ3) is 4.02. The maximum atomic E-state index is 5.87. The van der Waals surface area contributed by atoms with E-state index in [1.165, 1.54) is 5.56 Å². The van der Waals surface area contributed by atoms with Crippen LogP contribution >= 0.6 is 0 Å². The van der Waals surface area contributed by atoms with Gasteiger partial charge in [-0.2, -0.15) is 0 Å². The number of nitrogens with two attached hydrogens (primary N) is 1. The summed E-state index contributed by atoms with van der Waals surface area (Å²) in [6.45, 7) is 0. The molecule has 0 radical (unpaired) electrons. The molecule has 0 spiro atoms. The van der Waals surface area contributed by atoms with Crippen molar-refractivity contribution < 1.29 is 4.74 Å². The molecule has 2 N–H and O–H groups in total. The number of para-hydroxylation sites is 1. The molecule has 0 amide bonds. The maximum Gasteiger partial charge on any atom is 0.118 e. The summed E-state index contributed by atoms with van der Waals surface area (Å²) in [5, 5.41) is 0. The van der Waals surface area contributed by atoms with Crippen LogP contribution < -0.4 is 10.5 Å². The first-order valence-corrected chi connectivity index (χ1v) is 6.61. The topological polar surface area (TPSA) is 35.2 Å². The number of ether oxygens (including phenoxy) is 1. The van der Waals surface area contributed by atoms with E-state index in [0.717, 1.165) is 23.4 Å². The lowest BCUT2D eigenvalue weighted by atomic mass is 10.1. The van der Waals surface area contributed by atoms with Gasteiger partial charge in [-0.15, -0.1) is 0 Å². The summed E-state index contributed by atoms with van der Waals surface area (Å²) in [6, 6.07) is 15.8. The van der Waals surface area contributed by atoms with Crippen molar-refractivity contribution in [1.29, 1.82) is 0 Å². The molecule has 0 heterocycles. The number of nitrogen functional groups attached to an aromatic ring is 1. The molecule has 2 nitrogen and oxygen atoms in total. The van der Waals surface area contributed by atoms with Crippen molar-refractivity contribution in [3.05, 3.63) is 71.8 Å². The van der Waals surface area contributed by atoms with Gasteiger partial charge in [-0.3, -0.25) is 0 Å². The number of rotatable bonds is 5. The Kier molecular flexibility index (Phi) is 5.01. The standard InChI is InChI=1S/C18H19NO/c1-20-17-13-11-15(12-14-17)7-3-2-4-8-16-9-5-6-10-18(16)19/h3-14H,2,19H2,1H3/b7-3+,8-4+. The molecule has 0 saturated heterocycles. The van der Waals surface area contributed by atoms with Gasteiger partial charge in [0.15, 0.2) is 0 Å². The highest BCUT2D eigenvalue weighted by Gasteiger charge is 1.91. The Morgan fingerprint density at radius 2 is 1.65 bits per heavy atom. The van der Waals surface area contributed by atoms with Crippen LogP contribution in [0.2, 0.25) is 0 Å². The minimum absolute atomic E-state index is 0.808. The van der Waals surface area contributed by atoms with Gasteiger partial charge in [0.2, 0.25) is 0 Å². The minimum Gasteiger partial charge on any atom is -0.497 e. The summed E-state index contributed by atoms with van der Waals surface area (Å²) >= 11 is 0. The Balaban J connectivity index is 1.88. The van der Waals surface area contributed by atoms with Crippen LogP contribution in [-0.2, 0) is 0 Å². The van der Waals surface area contributed by atoms with Crippen molar-refractivity contribution in [3.63, 3.8) is 0 Å². The van der Waals surface area contributed by atoms with E-state index in [2.05, 4.69) is 18.2 Å². The molecule has 2 rings (SSSR count). The molecular formula is C18H19NO. The van der Waals surface area contributed by atoms with Crippen LogP contribution in [-0.4, -0.2) is 7.11 Å². The van der Waals surface area contributed by atoms with Crippen LogP contribution in [0.3, 0.4) is 0 Å². The van der Waals surface area contributed by atoms with E-state index < -0.39 is 0 Å². The first-order chi connectivity index (χ1) is 9.79. The monoisotopic (exact) mass is 265 g/mol. The molecule has 0 aromatic heterocycles. The molecule has 0 atom stereocenters. The molecule has 2 aromatic carbocycles. The van der Waals surface area contributed by atoms with Gasteiger partial charge in [-0.1, -0.05) is 54.6 Å². The summed E-state index contributed by atoms with van der Waals surface area (Å²) in [5.74, 6) is 0.876. The highest BCUT2D eigenvalue weighted by Crippen LogP contribution is 2.14. The van der Waals surface area contributed by atoms with Crippen LogP contribution in [0.4, 0.5) is 5.69 Å². The Morgan fingerprint density at radius 1 is 0.950 bits per heavy atom. The first-order valence-electron chi connectivity index (χ1n) is 6.61. The molecule has 2 heteroatoms. The zero-order valence-corrected chi connectivity index (χ0v) is 11.6. The Morgan fingerprint density at radius 3 is 2.35 bits per heavy atom. The molecule has 0 saturated carbocycles. The van der Waals surface area contributed by atoms with Gasteiger partial charge in [0.05, 0.1) is 7.11 Å². The Hall–Kier alpha value is -2.48. The zero-order chi connectivity index (χ0) is 14.2. The average molecular weight is 265 g/mol. The van der Waals surface area contributed by atoms with E-state index in [9.17, 15) is 0 Å². The minimum atomic E-state index is 0.808. The van der Waals surface area contributed by atoms with E-state index >= 15 is 0 Å². The van der Waals surface area contributed by atoms with Crippen LogP contribution in [0, 0.1) is 0 Å². The lowest BCUT2D eigenvalue weighted by molar-refractivity contribution is 0.415. The van der Waals surface area contributed by atoms with E-state index in [0.29, 0.717) is 0 Å². The van der Waals surface area contributed by atoms with Crippen LogP contribution in [0.15, 0.2) is 60.7 Å². The third-order valence-electron chi connectivity index (χ3n) is 2.99. The molecule has 2 aromatic rings. The summed E-state index contributed by atoms with van der Waals surface area (Å²) in [7, 11) is 1.67. The van der Waals surface area contributed by atoms with Crippen molar-refractivity contribution in [2.24, 2.45) is 0 Å². The number of allylic oxidation sites excluding steroid dienone is 2. The van der Waals surface area contributed by atoms with Crippen molar-refractivity contribution >= 4 is 17.8 Å². The molecule has 20 heavy (non-hydrogen) atoms. The predicted octanol–water partition coefficient (Wildman–Crippen LogP) is 4.39. The van der Waals surface area contributed by atoms with E-state index in [-0.39, 0.29) is 0 Å². The second-order valence-corrected chi connectivity index (χ2v) is 4.44. The second kappa shape index (κ2) is 7.19. The highest BCUT2D eigenvalue weighted by molar-refractivity contribution is 5.64. The number of anilines is 1. The van der Waals surface area contributed by atoms with Gasteiger partial charge in [0, 0.05) is 5.69 Å². The van der Waals surface area contributed by atoms with E-state index in [1.54, 1.807) is 7.11 Å². The van der Waals surface area contributed by atoms with Crippen LogP contribution in [0.1, 0.15) is 17.5 Å². The molecule has 0 aliphatic rings. The molecule has 0 aliphatic heterocycles. The lowest BCUT2D eigenvalue weighted by Crippen LogP contribution is -1.86. The number of benzene rings is 2. The van der Waals surface area contributed by atoms with Crippen LogP contribution in [0.5, 0.6) is 5.75 Å². The lowest BCUT2D eigenvalue weighted by Gasteiger charge is -1.99. The number of methoxy groups -OCH3 is 1. The van der Waals surface area contributed by atoms with Crippen molar-refractivity contribution in [3.8, 4) is 5.75 Å². The smallest absolute Gasteiger partial charge is 0.118 e. The van der Waals surface area contributed by atoms with Gasteiger partial charge in [0.1, 0.15) is 5.75 Å². The van der Waals surface area contributed by atoms with Crippen molar-refractivity contribution in [2.75, 3.05) is 12.8 Å². The van der Waals surface area contributed by atoms with Gasteiger partial charge in [-0.05, 0) is 35.7 Å². The Labute approximate surface area is 120 Å². The zero-order valence-electron chi connectivity index (χ0n) is 11.6. The third-order valence-corrected chi connectivity index (χ3v) is 2.99. The molecular weight excluding hydrogens is 246 g/mol. The predicted molar refractivity (Wildman–Crippen MR) is 86.5 cm³/mol. The second-order valence-electron chi connectivity index (χ2n) is 4.44. The van der Waals surface area contributed by atoms with Gasteiger partial charge < -0.3 is 10.5 Å². The van der Waals surface area contributed by atoms with Crippen LogP contribution in [0.25, 0.3) is 12.2 Å². The van der Waals surface area contributed by atoms with E-state index in [1.807, 2.05) is 54.6 Å². The molecule has 0 aliphatic carbocycles. The normalized spacial score (nSPS) is 11.2. The van der Waals surface area contributed by atoms with E-state index in [4.69, 9.17) is 10.5 Å². The van der Waals surface area contributed by atoms with Gasteiger partial charge in [0.25, 0.3) is 0 Å². The summed E-state index contributed by atoms with van der Waals surface area (Å²) in [4.78, 5) is 0. The average Bonchev–Trinajstić information content (AvgIpc) is 2.49. The SMILES string of the molecule is COc1ccc(/C=C/C/C=C/c2ccccc2N)cc1. The van der Waals surface area contributed by atoms with Gasteiger partial charge in [-0.25, -0.2) is 0 Å². The summed E-state index contributed by atoms with van der Waals surface area (Å²) in [6.07, 6.45) is 9.25. The quantitative estimate of drug-likeness (QED) is 0.813. The fourth-order valence-corrected chi connectivity index (χ4v) is 1.86. The molecule has 0 fully saturated rings. The molecule has 0 unspecified atom stereocenters. The highest BCUT2D eigenvalue weighted by atomic mass is 16.5. The van der Waals surface area contributed by atoms with Crippen molar-refractivity contribution in [2.45, 2.75) is 6.42 Å². The summed E-state index contributed by atoms with van der Waals surface area (Å²) in [5.41, 5.74) is 8.91. The number of hydrogen-bond donors (Lipinski definition) is 1. The maximum absolute atomic E-state index is 5.87. The molecule has 102 valence electrons. The Bertz CT molecular complexity index is 597. The number of hydrogen-bond acceptors (Lipinski definition) is 2. The summed E-state index contributed by atoms with van der Waals surface area (Å²) < 4.78 is 5.13. The fourth-order valence-electron chi connectivity index (χ4n) is 1.86. The fraction of sp³-hybridized carbons (Fsp3) is 0.111. The largest absolute Gasteiger partial charge is 0.497 e. The van der Waals surface area contributed by atoms with Crippen molar-refractivity contribution in [1.82, 2.24) is 0 Å².